The van der Waals surface area contributed by atoms with Crippen LogP contribution in [0.3, 0.4) is 0 Å². The first-order valence-electron chi connectivity index (χ1n) is 6.87. The van der Waals surface area contributed by atoms with Crippen molar-refractivity contribution in [3.63, 3.8) is 0 Å². The Morgan fingerprint density at radius 1 is 1.43 bits per heavy atom. The molecule has 0 saturated carbocycles. The summed E-state index contributed by atoms with van der Waals surface area (Å²) < 4.78 is 12.4. The second-order valence-corrected chi connectivity index (χ2v) is 7.47. The number of methoxy groups -OCH3 is 1. The monoisotopic (exact) mass is 368 g/mol. The molecule has 1 aromatic carbocycles. The van der Waals surface area contributed by atoms with Gasteiger partial charge in [-0.2, -0.15) is 0 Å². The average molecular weight is 369 g/mol. The summed E-state index contributed by atoms with van der Waals surface area (Å²) in [5.41, 5.74) is 0. The quantitative estimate of drug-likeness (QED) is 0.822. The largest absolute Gasteiger partial charge is 0.507 e. The first kappa shape index (κ1) is 14.9. The second kappa shape index (κ2) is 5.97. The predicted molar refractivity (Wildman–Crippen MR) is 88.6 cm³/mol. The minimum absolute atomic E-state index is 0.0516. The molecule has 5 heteroatoms. The van der Waals surface area contributed by atoms with Crippen LogP contribution in [0.5, 0.6) is 11.5 Å². The zero-order valence-electron chi connectivity index (χ0n) is 11.9. The molecule has 0 bridgehead atoms. The Morgan fingerprint density at radius 2 is 2.24 bits per heavy atom. The van der Waals surface area contributed by atoms with Crippen LogP contribution < -0.4 is 9.47 Å². The maximum Gasteiger partial charge on any atom is 0.175 e. The van der Waals surface area contributed by atoms with Gasteiger partial charge < -0.3 is 14.6 Å². The zero-order chi connectivity index (χ0) is 15.0. The highest BCUT2D eigenvalue weighted by Gasteiger charge is 2.35. The van der Waals surface area contributed by atoms with E-state index >= 15 is 0 Å². The summed E-state index contributed by atoms with van der Waals surface area (Å²) in [5.74, 6) is 2.14. The summed E-state index contributed by atoms with van der Waals surface area (Å²) in [6, 6.07) is 5.97. The summed E-state index contributed by atoms with van der Waals surface area (Å²) in [6.07, 6.45) is 4.71. The Morgan fingerprint density at radius 3 is 2.95 bits per heavy atom. The van der Waals surface area contributed by atoms with Crippen molar-refractivity contribution in [1.82, 2.24) is 0 Å². The van der Waals surface area contributed by atoms with E-state index in [-0.39, 0.29) is 12.0 Å². The first-order valence-corrected chi connectivity index (χ1v) is 8.54. The molecule has 3 rings (SSSR count). The lowest BCUT2D eigenvalue weighted by Gasteiger charge is -2.36. The number of aliphatic hydroxyl groups is 1. The summed E-state index contributed by atoms with van der Waals surface area (Å²) >= 11 is 5.21. The summed E-state index contributed by atoms with van der Waals surface area (Å²) in [7, 11) is 1.66. The number of ether oxygens (including phenoxy) is 2. The third kappa shape index (κ3) is 2.81. The SMILES string of the molecule is COc1cccc2c1O[C@@H](C1C=C(Br)C(O)=CC1)[C@H](C)S2. The number of aliphatic hydroxyl groups excluding tert-OH is 1. The van der Waals surface area contributed by atoms with E-state index in [1.807, 2.05) is 36.0 Å². The van der Waals surface area contributed by atoms with Gasteiger partial charge >= 0.3 is 0 Å². The maximum atomic E-state index is 9.68. The van der Waals surface area contributed by atoms with E-state index in [9.17, 15) is 5.11 Å². The number of fused-ring (bicyclic) bond motifs is 1. The van der Waals surface area contributed by atoms with Gasteiger partial charge in [0, 0.05) is 11.2 Å². The van der Waals surface area contributed by atoms with Crippen molar-refractivity contribution in [3.8, 4) is 11.5 Å². The zero-order valence-corrected chi connectivity index (χ0v) is 14.3. The number of para-hydroxylation sites is 1. The molecule has 0 radical (unpaired) electrons. The highest BCUT2D eigenvalue weighted by atomic mass is 79.9. The number of hydrogen-bond donors (Lipinski definition) is 1. The lowest BCUT2D eigenvalue weighted by Crippen LogP contribution is -2.37. The van der Waals surface area contributed by atoms with Crippen molar-refractivity contribution in [3.05, 3.63) is 40.6 Å². The van der Waals surface area contributed by atoms with E-state index in [2.05, 4.69) is 28.9 Å². The van der Waals surface area contributed by atoms with E-state index in [4.69, 9.17) is 9.47 Å². The van der Waals surface area contributed by atoms with Crippen molar-refractivity contribution in [2.45, 2.75) is 29.6 Å². The molecular weight excluding hydrogens is 352 g/mol. The van der Waals surface area contributed by atoms with Crippen LogP contribution in [0.2, 0.25) is 0 Å². The van der Waals surface area contributed by atoms with Crippen molar-refractivity contribution in [1.29, 1.82) is 0 Å². The van der Waals surface area contributed by atoms with E-state index in [1.165, 1.54) is 0 Å². The Bertz CT molecular complexity index is 612. The first-order chi connectivity index (χ1) is 10.1. The molecule has 0 aromatic heterocycles. The van der Waals surface area contributed by atoms with Crippen LogP contribution in [0.4, 0.5) is 0 Å². The normalized spacial score (nSPS) is 28.0. The third-order valence-corrected chi connectivity index (χ3v) is 5.69. The van der Waals surface area contributed by atoms with E-state index in [1.54, 1.807) is 7.11 Å². The molecule has 1 heterocycles. The van der Waals surface area contributed by atoms with Crippen LogP contribution in [0, 0.1) is 5.92 Å². The van der Waals surface area contributed by atoms with E-state index < -0.39 is 0 Å². The summed E-state index contributed by atoms with van der Waals surface area (Å²) in [5, 5.41) is 10.0. The van der Waals surface area contributed by atoms with E-state index in [0.717, 1.165) is 27.3 Å². The molecular formula is C16H17BrO3S. The fraction of sp³-hybridized carbons (Fsp3) is 0.375. The molecule has 3 nitrogen and oxygen atoms in total. The number of allylic oxidation sites excluding steroid dienone is 2. The highest BCUT2D eigenvalue weighted by molar-refractivity contribution is 9.11. The van der Waals surface area contributed by atoms with Crippen molar-refractivity contribution >= 4 is 27.7 Å². The van der Waals surface area contributed by atoms with Gasteiger partial charge in [-0.05, 0) is 47.5 Å². The van der Waals surface area contributed by atoms with Crippen molar-refractivity contribution in [2.24, 2.45) is 5.92 Å². The molecule has 2 aliphatic rings. The Labute approximate surface area is 137 Å². The standard InChI is InChI=1S/C16H17BrO3S/c1-9-15(10-6-7-12(18)11(17)8-10)20-16-13(19-2)4-3-5-14(16)21-9/h3-5,7-10,15,18H,6H2,1-2H3/t9-,10?,15+/m0/s1. The maximum absolute atomic E-state index is 9.68. The van der Waals surface area contributed by atoms with Gasteiger partial charge in [-0.25, -0.2) is 0 Å². The predicted octanol–water partition coefficient (Wildman–Crippen LogP) is 4.68. The molecule has 1 aliphatic carbocycles. The van der Waals surface area contributed by atoms with Gasteiger partial charge in [0.1, 0.15) is 11.9 Å². The van der Waals surface area contributed by atoms with Crippen molar-refractivity contribution in [2.75, 3.05) is 7.11 Å². The smallest absolute Gasteiger partial charge is 0.175 e. The van der Waals surface area contributed by atoms with Gasteiger partial charge in [-0.15, -0.1) is 11.8 Å². The van der Waals surface area contributed by atoms with Gasteiger partial charge in [0.15, 0.2) is 11.5 Å². The van der Waals surface area contributed by atoms with Crippen LogP contribution in [-0.4, -0.2) is 23.6 Å². The van der Waals surface area contributed by atoms with Crippen LogP contribution in [0.1, 0.15) is 13.3 Å². The molecule has 1 aromatic rings. The number of rotatable bonds is 2. The Kier molecular flexibility index (Phi) is 4.22. The second-order valence-electron chi connectivity index (χ2n) is 5.20. The van der Waals surface area contributed by atoms with Gasteiger partial charge in [-0.1, -0.05) is 12.1 Å². The molecule has 0 saturated heterocycles. The Hall–Kier alpha value is -1.07. The minimum atomic E-state index is 0.0516. The molecule has 21 heavy (non-hydrogen) atoms. The molecule has 0 spiro atoms. The van der Waals surface area contributed by atoms with Crippen molar-refractivity contribution < 1.29 is 14.6 Å². The van der Waals surface area contributed by atoms with Crippen LogP contribution in [0.25, 0.3) is 0 Å². The number of halogens is 1. The molecule has 112 valence electrons. The Balaban J connectivity index is 1.89. The van der Waals surface area contributed by atoms with Gasteiger partial charge in [0.25, 0.3) is 0 Å². The van der Waals surface area contributed by atoms with Gasteiger partial charge in [0.2, 0.25) is 0 Å². The average Bonchev–Trinajstić information content (AvgIpc) is 2.48. The highest BCUT2D eigenvalue weighted by Crippen LogP contribution is 2.47. The lowest BCUT2D eigenvalue weighted by atomic mass is 9.92. The summed E-state index contributed by atoms with van der Waals surface area (Å²) in [6.45, 7) is 2.18. The van der Waals surface area contributed by atoms with Crippen LogP contribution in [-0.2, 0) is 0 Å². The number of hydrogen-bond acceptors (Lipinski definition) is 4. The van der Waals surface area contributed by atoms with E-state index in [0.29, 0.717) is 11.0 Å². The number of benzene rings is 1. The third-order valence-electron chi connectivity index (χ3n) is 3.80. The van der Waals surface area contributed by atoms with Gasteiger partial charge in [-0.3, -0.25) is 0 Å². The molecule has 1 aliphatic heterocycles. The molecule has 0 amide bonds. The lowest BCUT2D eigenvalue weighted by molar-refractivity contribution is 0.141. The molecule has 1 N–H and O–H groups in total. The fourth-order valence-electron chi connectivity index (χ4n) is 2.72. The van der Waals surface area contributed by atoms with Crippen LogP contribution in [0.15, 0.2) is 45.5 Å². The number of thioether (sulfide) groups is 1. The van der Waals surface area contributed by atoms with Gasteiger partial charge in [0.05, 0.1) is 16.5 Å². The molecule has 3 atom stereocenters. The van der Waals surface area contributed by atoms with Crippen LogP contribution >= 0.6 is 27.7 Å². The topological polar surface area (TPSA) is 38.7 Å². The molecule has 1 unspecified atom stereocenters. The molecule has 0 fully saturated rings. The minimum Gasteiger partial charge on any atom is -0.507 e. The fourth-order valence-corrected chi connectivity index (χ4v) is 4.42. The summed E-state index contributed by atoms with van der Waals surface area (Å²) in [4.78, 5) is 1.12.